The van der Waals surface area contributed by atoms with Gasteiger partial charge >= 0.3 is 0 Å². The van der Waals surface area contributed by atoms with Crippen molar-refractivity contribution in [2.75, 3.05) is 53.5 Å². The molecule has 0 aromatic heterocycles. The van der Waals surface area contributed by atoms with Gasteiger partial charge < -0.3 is 20.3 Å². The molecule has 1 aliphatic rings. The second-order valence-electron chi connectivity index (χ2n) is 9.35. The number of likely N-dealkylation sites (N-methyl/N-ethyl adjacent to an activating group) is 1. The van der Waals surface area contributed by atoms with Crippen LogP contribution in [0.5, 0.6) is 0 Å². The Morgan fingerprint density at radius 2 is 1.77 bits per heavy atom. The minimum atomic E-state index is -1.14. The van der Waals surface area contributed by atoms with Crippen LogP contribution in [0.3, 0.4) is 0 Å². The van der Waals surface area contributed by atoms with Crippen LogP contribution in [-0.4, -0.2) is 92.3 Å². The van der Waals surface area contributed by atoms with Crippen LogP contribution in [0.1, 0.15) is 27.0 Å². The molecule has 2 aromatic carbocycles. The lowest BCUT2D eigenvalue weighted by Gasteiger charge is -2.26. The number of carbonyl (C=O) groups is 3. The van der Waals surface area contributed by atoms with Crippen LogP contribution in [-0.2, 0) is 20.9 Å². The van der Waals surface area contributed by atoms with E-state index in [1.165, 1.54) is 11.0 Å². The minimum Gasteiger partial charge on any atom is -0.379 e. The molecule has 39 heavy (non-hydrogen) atoms. The number of rotatable bonds is 10. The van der Waals surface area contributed by atoms with Gasteiger partial charge in [0.1, 0.15) is 6.04 Å². The summed E-state index contributed by atoms with van der Waals surface area (Å²) in [6.45, 7) is 4.35. The van der Waals surface area contributed by atoms with Gasteiger partial charge in [-0.15, -0.1) is 0 Å². The fourth-order valence-electron chi connectivity index (χ4n) is 3.81. The van der Waals surface area contributed by atoms with Crippen molar-refractivity contribution < 1.29 is 24.3 Å². The van der Waals surface area contributed by atoms with Gasteiger partial charge in [-0.2, -0.15) is 0 Å². The molecule has 1 unspecified atom stereocenters. The maximum atomic E-state index is 12.6. The monoisotopic (exact) mass is 533 g/mol. The number of nitrogens with one attached hydrogen (secondary N) is 3. The Morgan fingerprint density at radius 1 is 1.08 bits per heavy atom. The molecule has 3 amide bonds. The first-order valence-corrected chi connectivity index (χ1v) is 12.7. The van der Waals surface area contributed by atoms with Crippen LogP contribution in [0.4, 0.5) is 0 Å². The highest BCUT2D eigenvalue weighted by molar-refractivity contribution is 5.97. The van der Waals surface area contributed by atoms with Crippen molar-refractivity contribution in [3.8, 4) is 11.8 Å². The van der Waals surface area contributed by atoms with E-state index in [1.807, 2.05) is 18.2 Å². The molecule has 1 saturated heterocycles. The smallest absolute Gasteiger partial charge is 0.267 e. The maximum absolute atomic E-state index is 12.6. The zero-order chi connectivity index (χ0) is 28.0. The van der Waals surface area contributed by atoms with Gasteiger partial charge in [-0.3, -0.25) is 24.5 Å². The lowest BCUT2D eigenvalue weighted by Crippen LogP contribution is -2.52. The SMILES string of the molecule is CN(C)CC(=O)NCC(NC(=O)c1ccc(C=CC#Cc2ccc(CN3CCOCC3)cc2)cc1)C(=O)NO. The fraction of sp³-hybridized carbons (Fsp3) is 0.345. The van der Waals surface area contributed by atoms with Crippen molar-refractivity contribution in [1.82, 2.24) is 25.9 Å². The molecular formula is C29H35N5O5. The minimum absolute atomic E-state index is 0.127. The summed E-state index contributed by atoms with van der Waals surface area (Å²) in [6, 6.07) is 13.8. The van der Waals surface area contributed by atoms with Gasteiger partial charge in [-0.05, 0) is 61.6 Å². The van der Waals surface area contributed by atoms with E-state index < -0.39 is 17.9 Å². The van der Waals surface area contributed by atoms with E-state index in [4.69, 9.17) is 9.94 Å². The van der Waals surface area contributed by atoms with E-state index in [1.54, 1.807) is 49.3 Å². The van der Waals surface area contributed by atoms with Gasteiger partial charge in [-0.1, -0.05) is 36.1 Å². The van der Waals surface area contributed by atoms with Crippen LogP contribution < -0.4 is 16.1 Å². The average Bonchev–Trinajstić information content (AvgIpc) is 2.94. The molecule has 10 heteroatoms. The summed E-state index contributed by atoms with van der Waals surface area (Å²) in [5.41, 5.74) is 4.86. The quantitative estimate of drug-likeness (QED) is 0.203. The van der Waals surface area contributed by atoms with Crippen molar-refractivity contribution >= 4 is 23.8 Å². The molecule has 0 aliphatic carbocycles. The van der Waals surface area contributed by atoms with Crippen molar-refractivity contribution in [2.45, 2.75) is 12.6 Å². The Bertz CT molecular complexity index is 1190. The van der Waals surface area contributed by atoms with Crippen molar-refractivity contribution in [3.05, 3.63) is 76.9 Å². The zero-order valence-corrected chi connectivity index (χ0v) is 22.3. The molecular weight excluding hydrogens is 498 g/mol. The number of ether oxygens (including phenoxy) is 1. The summed E-state index contributed by atoms with van der Waals surface area (Å²) in [6.07, 6.45) is 3.58. The van der Waals surface area contributed by atoms with Crippen LogP contribution >= 0.6 is 0 Å². The second kappa shape index (κ2) is 15.4. The Labute approximate surface area is 229 Å². The Hall–Kier alpha value is -4.01. The predicted octanol–water partition coefficient (Wildman–Crippen LogP) is 0.865. The topological polar surface area (TPSA) is 123 Å². The Balaban J connectivity index is 1.51. The summed E-state index contributed by atoms with van der Waals surface area (Å²) in [5.74, 6) is 4.48. The number of hydroxylamine groups is 1. The van der Waals surface area contributed by atoms with E-state index in [0.29, 0.717) is 5.56 Å². The third-order valence-electron chi connectivity index (χ3n) is 5.91. The van der Waals surface area contributed by atoms with E-state index in [-0.39, 0.29) is 19.0 Å². The summed E-state index contributed by atoms with van der Waals surface area (Å²) < 4.78 is 5.39. The Kier molecular flexibility index (Phi) is 11.7. The molecule has 1 fully saturated rings. The molecule has 1 heterocycles. The fourth-order valence-corrected chi connectivity index (χ4v) is 3.81. The molecule has 4 N–H and O–H groups in total. The normalized spacial score (nSPS) is 14.4. The number of hydrogen-bond donors (Lipinski definition) is 4. The predicted molar refractivity (Wildman–Crippen MR) is 148 cm³/mol. The van der Waals surface area contributed by atoms with Crippen LogP contribution in [0, 0.1) is 11.8 Å². The maximum Gasteiger partial charge on any atom is 0.267 e. The average molecular weight is 534 g/mol. The zero-order valence-electron chi connectivity index (χ0n) is 22.3. The number of benzene rings is 2. The molecule has 0 bridgehead atoms. The molecule has 10 nitrogen and oxygen atoms in total. The summed E-state index contributed by atoms with van der Waals surface area (Å²) in [7, 11) is 3.47. The highest BCUT2D eigenvalue weighted by atomic mass is 16.5. The van der Waals surface area contributed by atoms with Gasteiger partial charge in [0, 0.05) is 37.3 Å². The molecule has 1 atom stereocenters. The first-order valence-electron chi connectivity index (χ1n) is 12.7. The molecule has 1 aliphatic heterocycles. The molecule has 0 radical (unpaired) electrons. The third kappa shape index (κ3) is 10.3. The van der Waals surface area contributed by atoms with Gasteiger partial charge in [0.15, 0.2) is 0 Å². The number of hydrogen-bond acceptors (Lipinski definition) is 7. The van der Waals surface area contributed by atoms with E-state index in [0.717, 1.165) is 44.0 Å². The van der Waals surface area contributed by atoms with Crippen LogP contribution in [0.2, 0.25) is 0 Å². The standard InChI is InChI=1S/C29H35N5O5/c1-33(2)21-27(35)30-19-26(29(37)32-38)31-28(36)25-13-11-23(12-14-25)6-4-3-5-22-7-9-24(10-8-22)20-34-15-17-39-18-16-34/h4,6-14,26,38H,15-21H2,1-2H3,(H,30,35)(H,31,36)(H,32,37). The van der Waals surface area contributed by atoms with E-state index >= 15 is 0 Å². The van der Waals surface area contributed by atoms with Crippen molar-refractivity contribution in [3.63, 3.8) is 0 Å². The van der Waals surface area contributed by atoms with E-state index in [2.05, 4.69) is 39.5 Å². The number of allylic oxidation sites excluding steroid dienone is 1. The first kappa shape index (κ1) is 29.5. The number of amides is 3. The van der Waals surface area contributed by atoms with Gasteiger partial charge in [0.05, 0.1) is 19.8 Å². The molecule has 2 aromatic rings. The van der Waals surface area contributed by atoms with Crippen molar-refractivity contribution in [2.24, 2.45) is 0 Å². The van der Waals surface area contributed by atoms with Gasteiger partial charge in [0.2, 0.25) is 5.91 Å². The highest BCUT2D eigenvalue weighted by Crippen LogP contribution is 2.09. The third-order valence-corrected chi connectivity index (χ3v) is 5.91. The summed E-state index contributed by atoms with van der Waals surface area (Å²) in [4.78, 5) is 40.5. The van der Waals surface area contributed by atoms with Crippen molar-refractivity contribution in [1.29, 1.82) is 0 Å². The highest BCUT2D eigenvalue weighted by Gasteiger charge is 2.22. The number of nitrogens with zero attached hydrogens (tertiary/aromatic N) is 2. The molecule has 3 rings (SSSR count). The van der Waals surface area contributed by atoms with Crippen LogP contribution in [0.25, 0.3) is 6.08 Å². The van der Waals surface area contributed by atoms with E-state index in [9.17, 15) is 14.4 Å². The largest absolute Gasteiger partial charge is 0.379 e. The lowest BCUT2D eigenvalue weighted by atomic mass is 10.1. The molecule has 206 valence electrons. The number of morpholine rings is 1. The van der Waals surface area contributed by atoms with Crippen LogP contribution in [0.15, 0.2) is 54.6 Å². The molecule has 0 saturated carbocycles. The first-order chi connectivity index (χ1) is 18.8. The van der Waals surface area contributed by atoms with Gasteiger partial charge in [0.25, 0.3) is 11.8 Å². The molecule has 0 spiro atoms. The Morgan fingerprint density at radius 3 is 2.41 bits per heavy atom. The summed E-state index contributed by atoms with van der Waals surface area (Å²) in [5, 5.41) is 14.1. The number of carbonyl (C=O) groups excluding carboxylic acids is 3. The second-order valence-corrected chi connectivity index (χ2v) is 9.35. The van der Waals surface area contributed by atoms with Gasteiger partial charge in [-0.25, -0.2) is 5.48 Å². The summed E-state index contributed by atoms with van der Waals surface area (Å²) >= 11 is 0. The lowest BCUT2D eigenvalue weighted by molar-refractivity contribution is -0.131.